The number of anilines is 1. The average molecular weight is 576 g/mol. The summed E-state index contributed by atoms with van der Waals surface area (Å²) in [6, 6.07) is 11.8. The third-order valence-electron chi connectivity index (χ3n) is 5.83. The first-order chi connectivity index (χ1) is 18.8. The summed E-state index contributed by atoms with van der Waals surface area (Å²) in [7, 11) is -2.26. The van der Waals surface area contributed by atoms with Crippen LogP contribution in [0, 0.1) is 6.92 Å². The van der Waals surface area contributed by atoms with Crippen LogP contribution in [0.4, 0.5) is 18.9 Å². The average Bonchev–Trinajstić information content (AvgIpc) is 3.28. The quantitative estimate of drug-likeness (QED) is 0.373. The standard InChI is InChI=1S/C26H24F3N5O5S/c1-16-9-23(26(27,28)29)32-34(16)25-22(18-6-4-5-17(10-18)7-8-24(35)36)14-30-15-33(25)31-19-11-20(39-2)13-21(12-19)40(3,37)38/h4-15,25,31H,1-3H3,(H,35,36). The topological polar surface area (TPSA) is 126 Å². The van der Waals surface area contributed by atoms with Crippen LogP contribution < -0.4 is 10.2 Å². The molecule has 1 unspecified atom stereocenters. The second kappa shape index (κ2) is 10.9. The van der Waals surface area contributed by atoms with Gasteiger partial charge >= 0.3 is 12.1 Å². The van der Waals surface area contributed by atoms with E-state index < -0.39 is 33.8 Å². The van der Waals surface area contributed by atoms with Gasteiger partial charge in [0.25, 0.3) is 0 Å². The maximum absolute atomic E-state index is 13.6. The third-order valence-corrected chi connectivity index (χ3v) is 6.92. The van der Waals surface area contributed by atoms with Crippen molar-refractivity contribution in [1.82, 2.24) is 14.8 Å². The number of rotatable bonds is 8. The van der Waals surface area contributed by atoms with Gasteiger partial charge in [0.1, 0.15) is 12.1 Å². The van der Waals surface area contributed by atoms with Gasteiger partial charge in [-0.2, -0.15) is 18.3 Å². The number of nitrogens with one attached hydrogen (secondary N) is 1. The van der Waals surface area contributed by atoms with Gasteiger partial charge in [-0.3, -0.25) is 5.43 Å². The molecule has 0 aliphatic carbocycles. The van der Waals surface area contributed by atoms with Crippen LogP contribution >= 0.6 is 0 Å². The maximum Gasteiger partial charge on any atom is 0.435 e. The number of hydrogen-bond donors (Lipinski definition) is 2. The minimum absolute atomic E-state index is 0.0387. The van der Waals surface area contributed by atoms with Crippen molar-refractivity contribution in [3.05, 3.63) is 83.3 Å². The Morgan fingerprint density at radius 1 is 1.18 bits per heavy atom. The monoisotopic (exact) mass is 575 g/mol. The van der Waals surface area contributed by atoms with E-state index >= 15 is 0 Å². The zero-order valence-corrected chi connectivity index (χ0v) is 22.2. The summed E-state index contributed by atoms with van der Waals surface area (Å²) in [5.41, 5.74) is 3.86. The lowest BCUT2D eigenvalue weighted by Crippen LogP contribution is -2.39. The van der Waals surface area contributed by atoms with Gasteiger partial charge in [0.05, 0.1) is 17.7 Å². The molecule has 1 aliphatic heterocycles. The summed E-state index contributed by atoms with van der Waals surface area (Å²) in [6.45, 7) is 1.48. The molecule has 0 amide bonds. The fraction of sp³-hybridized carbons (Fsp3) is 0.192. The normalized spacial score (nSPS) is 15.8. The number of hydrazine groups is 1. The van der Waals surface area contributed by atoms with Gasteiger partial charge in [-0.25, -0.2) is 27.9 Å². The van der Waals surface area contributed by atoms with E-state index in [4.69, 9.17) is 9.84 Å². The second-order valence-electron chi connectivity index (χ2n) is 8.82. The Morgan fingerprint density at radius 3 is 2.55 bits per heavy atom. The molecule has 1 atom stereocenters. The highest BCUT2D eigenvalue weighted by Gasteiger charge is 2.37. The van der Waals surface area contributed by atoms with Crippen molar-refractivity contribution in [3.8, 4) is 5.75 Å². The fourth-order valence-corrected chi connectivity index (χ4v) is 4.68. The zero-order valence-electron chi connectivity index (χ0n) is 21.4. The minimum atomic E-state index is -4.69. The number of aryl methyl sites for hydroxylation is 1. The van der Waals surface area contributed by atoms with E-state index in [0.717, 1.165) is 18.4 Å². The summed E-state index contributed by atoms with van der Waals surface area (Å²) in [4.78, 5) is 15.2. The number of carbonyl (C=O) groups is 1. The lowest BCUT2D eigenvalue weighted by Gasteiger charge is -2.35. The molecule has 0 fully saturated rings. The SMILES string of the molecule is COc1cc(NN2C=NC=C(c3cccc(C=CC(=O)O)c3)C2n2nc(C(F)(F)F)cc2C)cc(S(C)(=O)=O)c1. The van der Waals surface area contributed by atoms with Crippen LogP contribution in [-0.2, 0) is 20.8 Å². The predicted octanol–water partition coefficient (Wildman–Crippen LogP) is 4.63. The Kier molecular flexibility index (Phi) is 7.73. The minimum Gasteiger partial charge on any atom is -0.497 e. The van der Waals surface area contributed by atoms with Crippen LogP contribution in [0.3, 0.4) is 0 Å². The van der Waals surface area contributed by atoms with Crippen molar-refractivity contribution >= 4 is 39.5 Å². The molecule has 10 nitrogen and oxygen atoms in total. The molecule has 0 spiro atoms. The Bertz CT molecular complexity index is 1640. The van der Waals surface area contributed by atoms with Crippen LogP contribution in [0.1, 0.15) is 28.7 Å². The summed E-state index contributed by atoms with van der Waals surface area (Å²) in [6.07, 6.45) is 0.455. The first-order valence-corrected chi connectivity index (χ1v) is 13.5. The number of aliphatic carboxylic acids is 1. The molecular weight excluding hydrogens is 551 g/mol. The van der Waals surface area contributed by atoms with Gasteiger partial charge in [0.15, 0.2) is 21.7 Å². The highest BCUT2D eigenvalue weighted by molar-refractivity contribution is 7.90. The molecule has 1 aromatic heterocycles. The molecule has 4 rings (SSSR count). The number of alkyl halides is 3. The largest absolute Gasteiger partial charge is 0.497 e. The summed E-state index contributed by atoms with van der Waals surface area (Å²) in [5.74, 6) is -0.905. The van der Waals surface area contributed by atoms with Crippen LogP contribution in [-0.4, -0.2) is 54.0 Å². The van der Waals surface area contributed by atoms with E-state index in [0.29, 0.717) is 16.7 Å². The maximum atomic E-state index is 13.6. The number of sulfone groups is 1. The number of halogens is 3. The Balaban J connectivity index is 1.84. The molecule has 14 heteroatoms. The molecule has 2 N–H and O–H groups in total. The molecule has 210 valence electrons. The Labute approximate surface area is 227 Å². The van der Waals surface area contributed by atoms with Gasteiger partial charge in [-0.15, -0.1) is 0 Å². The van der Waals surface area contributed by atoms with Crippen LogP contribution in [0.5, 0.6) is 5.75 Å². The van der Waals surface area contributed by atoms with E-state index in [1.165, 1.54) is 60.5 Å². The smallest absolute Gasteiger partial charge is 0.435 e. The van der Waals surface area contributed by atoms with Crippen molar-refractivity contribution in [2.24, 2.45) is 4.99 Å². The van der Waals surface area contributed by atoms with Gasteiger partial charge in [0.2, 0.25) is 0 Å². The highest BCUT2D eigenvalue weighted by atomic mass is 32.2. The summed E-state index contributed by atoms with van der Waals surface area (Å²) < 4.78 is 71.6. The summed E-state index contributed by atoms with van der Waals surface area (Å²) >= 11 is 0. The molecule has 3 aromatic rings. The number of hydrogen-bond acceptors (Lipinski definition) is 8. The number of aliphatic imine (C=N–C) groups is 1. The molecule has 2 aromatic carbocycles. The number of nitrogens with zero attached hydrogens (tertiary/aromatic N) is 4. The van der Waals surface area contributed by atoms with E-state index in [1.54, 1.807) is 24.3 Å². The van der Waals surface area contributed by atoms with Gasteiger partial charge < -0.3 is 9.84 Å². The molecule has 1 aliphatic rings. The van der Waals surface area contributed by atoms with E-state index in [-0.39, 0.29) is 22.0 Å². The predicted molar refractivity (Wildman–Crippen MR) is 142 cm³/mol. The lowest BCUT2D eigenvalue weighted by molar-refractivity contribution is -0.141. The zero-order chi connectivity index (χ0) is 29.2. The third kappa shape index (κ3) is 6.34. The molecular formula is C26H24F3N5O5S. The molecule has 0 bridgehead atoms. The number of ether oxygens (including phenoxy) is 1. The summed E-state index contributed by atoms with van der Waals surface area (Å²) in [5, 5.41) is 14.2. The Morgan fingerprint density at radius 2 is 1.93 bits per heavy atom. The first kappa shape index (κ1) is 28.4. The molecule has 40 heavy (non-hydrogen) atoms. The van der Waals surface area contributed by atoms with E-state index in [1.807, 2.05) is 0 Å². The number of methoxy groups -OCH3 is 1. The van der Waals surface area contributed by atoms with Crippen molar-refractivity contribution < 1.29 is 36.2 Å². The van der Waals surface area contributed by atoms with Gasteiger partial charge in [-0.05, 0) is 48.4 Å². The van der Waals surface area contributed by atoms with Crippen LogP contribution in [0.25, 0.3) is 11.6 Å². The molecule has 2 heterocycles. The molecule has 0 radical (unpaired) electrons. The Hall–Kier alpha value is -4.59. The van der Waals surface area contributed by atoms with Crippen molar-refractivity contribution in [3.63, 3.8) is 0 Å². The number of benzene rings is 2. The van der Waals surface area contributed by atoms with Crippen molar-refractivity contribution in [1.29, 1.82) is 0 Å². The number of carboxylic acid groups (broad SMARTS) is 1. The van der Waals surface area contributed by atoms with Crippen molar-refractivity contribution in [2.45, 2.75) is 24.2 Å². The molecule has 0 saturated carbocycles. The van der Waals surface area contributed by atoms with Crippen molar-refractivity contribution in [2.75, 3.05) is 18.8 Å². The number of aromatic nitrogens is 2. The van der Waals surface area contributed by atoms with E-state index in [9.17, 15) is 26.4 Å². The second-order valence-corrected chi connectivity index (χ2v) is 10.8. The highest BCUT2D eigenvalue weighted by Crippen LogP contribution is 2.37. The van der Waals surface area contributed by atoms with Crippen LogP contribution in [0.2, 0.25) is 0 Å². The first-order valence-electron chi connectivity index (χ1n) is 11.6. The lowest BCUT2D eigenvalue weighted by atomic mass is 10.0. The van der Waals surface area contributed by atoms with Crippen LogP contribution in [0.15, 0.2) is 70.7 Å². The van der Waals surface area contributed by atoms with Gasteiger partial charge in [-0.1, -0.05) is 18.2 Å². The van der Waals surface area contributed by atoms with Gasteiger partial charge in [0, 0.05) is 35.9 Å². The van der Waals surface area contributed by atoms with E-state index in [2.05, 4.69) is 15.5 Å². The number of carboxylic acids is 1. The fourth-order valence-electron chi connectivity index (χ4n) is 4.01. The molecule has 0 saturated heterocycles.